The lowest BCUT2D eigenvalue weighted by atomic mass is 10.1. The number of anilines is 1. The highest BCUT2D eigenvalue weighted by molar-refractivity contribution is 5.80. The second kappa shape index (κ2) is 9.33. The van der Waals surface area contributed by atoms with Crippen LogP contribution >= 0.6 is 0 Å². The number of esters is 1. The number of aryl methyl sites for hydroxylation is 1. The van der Waals surface area contributed by atoms with Gasteiger partial charge in [-0.25, -0.2) is 4.98 Å². The molecule has 0 unspecified atom stereocenters. The van der Waals surface area contributed by atoms with Crippen molar-refractivity contribution in [2.24, 2.45) is 0 Å². The number of nitrogens with zero attached hydrogens (tertiary/aromatic N) is 2. The van der Waals surface area contributed by atoms with Crippen molar-refractivity contribution < 1.29 is 19.0 Å². The summed E-state index contributed by atoms with van der Waals surface area (Å²) in [5.74, 6) is 2.26. The Morgan fingerprint density at radius 3 is 2.83 bits per heavy atom. The maximum Gasteiger partial charge on any atom is 0.303 e. The third kappa shape index (κ3) is 4.30. The van der Waals surface area contributed by atoms with Crippen LogP contribution < -0.4 is 14.8 Å². The van der Waals surface area contributed by atoms with Gasteiger partial charge in [0.25, 0.3) is 0 Å². The molecule has 0 amide bonds. The Balaban J connectivity index is 1.41. The van der Waals surface area contributed by atoms with E-state index in [1.807, 2.05) is 30.3 Å². The van der Waals surface area contributed by atoms with E-state index in [0.29, 0.717) is 13.2 Å². The van der Waals surface area contributed by atoms with Crippen LogP contribution in [0, 0.1) is 6.92 Å². The van der Waals surface area contributed by atoms with E-state index in [0.717, 1.165) is 51.7 Å². The van der Waals surface area contributed by atoms with Gasteiger partial charge in [0, 0.05) is 43.3 Å². The largest absolute Gasteiger partial charge is 0.497 e. The Bertz CT molecular complexity index is 1410. The second-order valence-electron chi connectivity index (χ2n) is 8.65. The summed E-state index contributed by atoms with van der Waals surface area (Å²) in [7, 11) is 1.67. The molecule has 0 saturated carbocycles. The number of nitrogens with one attached hydrogen (secondary N) is 1. The quantitative estimate of drug-likeness (QED) is 0.358. The lowest BCUT2D eigenvalue weighted by Crippen LogP contribution is -2.09. The van der Waals surface area contributed by atoms with Crippen molar-refractivity contribution in [1.29, 1.82) is 0 Å². The third-order valence-electron chi connectivity index (χ3n) is 6.45. The summed E-state index contributed by atoms with van der Waals surface area (Å²) in [6, 6.07) is 18.3. The molecule has 4 aromatic rings. The smallest absolute Gasteiger partial charge is 0.303 e. The van der Waals surface area contributed by atoms with Crippen LogP contribution in [0.4, 0.5) is 5.69 Å². The molecule has 1 aliphatic heterocycles. The molecule has 0 spiro atoms. The van der Waals surface area contributed by atoms with Crippen LogP contribution in [0.1, 0.15) is 42.5 Å². The van der Waals surface area contributed by atoms with Gasteiger partial charge in [0.2, 0.25) is 0 Å². The summed E-state index contributed by atoms with van der Waals surface area (Å²) in [5, 5.41) is 3.51. The fourth-order valence-corrected chi connectivity index (χ4v) is 4.63. The van der Waals surface area contributed by atoms with Gasteiger partial charge < -0.3 is 19.5 Å². The number of hydrogen-bond donors (Lipinski definition) is 1. The summed E-state index contributed by atoms with van der Waals surface area (Å²) >= 11 is 0. The molecular weight excluding hydrogens is 442 g/mol. The van der Waals surface area contributed by atoms with Gasteiger partial charge >= 0.3 is 5.97 Å². The topological polar surface area (TPSA) is 74.6 Å². The molecule has 1 N–H and O–H groups in total. The average Bonchev–Trinajstić information content (AvgIpc) is 3.43. The van der Waals surface area contributed by atoms with E-state index in [1.54, 1.807) is 7.11 Å². The highest BCUT2D eigenvalue weighted by atomic mass is 16.6. The van der Waals surface area contributed by atoms with E-state index in [9.17, 15) is 4.79 Å². The molecule has 2 heterocycles. The van der Waals surface area contributed by atoms with Gasteiger partial charge in [-0.2, -0.15) is 0 Å². The first-order valence-electron chi connectivity index (χ1n) is 11.8. The van der Waals surface area contributed by atoms with Crippen molar-refractivity contribution >= 4 is 22.7 Å². The highest BCUT2D eigenvalue weighted by Crippen LogP contribution is 2.37. The summed E-state index contributed by atoms with van der Waals surface area (Å²) < 4.78 is 18.7. The third-order valence-corrected chi connectivity index (χ3v) is 6.45. The minimum atomic E-state index is -0.340. The molecule has 0 aliphatic carbocycles. The molecule has 1 atom stereocenters. The minimum Gasteiger partial charge on any atom is -0.497 e. The maximum atomic E-state index is 11.3. The van der Waals surface area contributed by atoms with E-state index < -0.39 is 0 Å². The zero-order valence-electron chi connectivity index (χ0n) is 20.4. The van der Waals surface area contributed by atoms with Crippen LogP contribution in [0.25, 0.3) is 16.7 Å². The van der Waals surface area contributed by atoms with Crippen LogP contribution in [0.15, 0.2) is 54.6 Å². The van der Waals surface area contributed by atoms with E-state index in [1.165, 1.54) is 18.1 Å². The lowest BCUT2D eigenvalue weighted by molar-refractivity contribution is -0.147. The Hall–Kier alpha value is -4.00. The number of imidazole rings is 1. The van der Waals surface area contributed by atoms with Gasteiger partial charge in [-0.15, -0.1) is 0 Å². The number of rotatable bonds is 7. The van der Waals surface area contributed by atoms with Gasteiger partial charge in [-0.3, -0.25) is 9.36 Å². The maximum absolute atomic E-state index is 11.3. The van der Waals surface area contributed by atoms with Gasteiger partial charge in [0.1, 0.15) is 23.9 Å². The Labute approximate surface area is 204 Å². The average molecular weight is 472 g/mol. The number of carbonyl (C=O) groups is 1. The van der Waals surface area contributed by atoms with Crippen LogP contribution in [0.2, 0.25) is 0 Å². The standard InChI is InChI=1S/C28H29N3O4/c1-5-28-30-23-14-21(33-4)10-12-25(23)31(28)24-8-6-7-19(17(24)2)15-29-20-9-11-22-26(13-20)34-16-27(22)35-18(3)32/h6-14,27,29H,5,15-16H2,1-4H3/t27-/m1/s1. The Morgan fingerprint density at radius 1 is 1.20 bits per heavy atom. The molecule has 35 heavy (non-hydrogen) atoms. The predicted molar refractivity (Wildman–Crippen MR) is 136 cm³/mol. The van der Waals surface area contributed by atoms with Crippen LogP contribution in [-0.4, -0.2) is 29.2 Å². The highest BCUT2D eigenvalue weighted by Gasteiger charge is 2.26. The van der Waals surface area contributed by atoms with Crippen molar-refractivity contribution in [1.82, 2.24) is 9.55 Å². The molecular formula is C28H29N3O4. The molecule has 7 heteroatoms. The molecule has 180 valence electrons. The van der Waals surface area contributed by atoms with Crippen molar-refractivity contribution in [3.05, 3.63) is 77.1 Å². The number of aromatic nitrogens is 2. The molecule has 7 nitrogen and oxygen atoms in total. The van der Waals surface area contributed by atoms with E-state index >= 15 is 0 Å². The fraction of sp³-hybridized carbons (Fsp3) is 0.286. The monoisotopic (exact) mass is 471 g/mol. The van der Waals surface area contributed by atoms with Crippen LogP contribution in [0.5, 0.6) is 11.5 Å². The van der Waals surface area contributed by atoms with Gasteiger partial charge in [-0.1, -0.05) is 19.1 Å². The fourth-order valence-electron chi connectivity index (χ4n) is 4.63. The molecule has 0 radical (unpaired) electrons. The number of benzene rings is 3. The number of ether oxygens (including phenoxy) is 3. The predicted octanol–water partition coefficient (Wildman–Crippen LogP) is 5.51. The van der Waals surface area contributed by atoms with E-state index in [-0.39, 0.29) is 12.1 Å². The molecule has 0 fully saturated rings. The number of carbonyl (C=O) groups excluding carboxylic acids is 1. The zero-order valence-corrected chi connectivity index (χ0v) is 20.4. The molecule has 5 rings (SSSR count). The molecule has 0 saturated heterocycles. The first-order valence-corrected chi connectivity index (χ1v) is 11.8. The van der Waals surface area contributed by atoms with Gasteiger partial charge in [-0.05, 0) is 48.4 Å². The van der Waals surface area contributed by atoms with Crippen molar-refractivity contribution in [2.75, 3.05) is 19.0 Å². The lowest BCUT2D eigenvalue weighted by Gasteiger charge is -2.16. The SMILES string of the molecule is CCc1nc2cc(OC)ccc2n1-c1cccc(CNc2ccc3c(c2)OC[C@H]3OC(C)=O)c1C. The summed E-state index contributed by atoms with van der Waals surface area (Å²) in [5.41, 5.74) is 7.35. The van der Waals surface area contributed by atoms with Crippen molar-refractivity contribution in [2.45, 2.75) is 39.8 Å². The zero-order chi connectivity index (χ0) is 24.5. The molecule has 1 aliphatic rings. The molecule has 0 bridgehead atoms. The van der Waals surface area contributed by atoms with Crippen LogP contribution in [0.3, 0.4) is 0 Å². The molecule has 1 aromatic heterocycles. The summed E-state index contributed by atoms with van der Waals surface area (Å²) in [6.07, 6.45) is 0.482. The minimum absolute atomic E-state index is 0.306. The van der Waals surface area contributed by atoms with E-state index in [4.69, 9.17) is 19.2 Å². The number of hydrogen-bond acceptors (Lipinski definition) is 6. The van der Waals surface area contributed by atoms with E-state index in [2.05, 4.69) is 48.0 Å². The second-order valence-corrected chi connectivity index (χ2v) is 8.65. The van der Waals surface area contributed by atoms with Crippen LogP contribution in [-0.2, 0) is 22.5 Å². The molecule has 3 aromatic carbocycles. The summed E-state index contributed by atoms with van der Waals surface area (Å²) in [6.45, 7) is 6.70. The first kappa shape index (κ1) is 22.8. The Morgan fingerprint density at radius 2 is 2.06 bits per heavy atom. The first-order chi connectivity index (χ1) is 17.0. The van der Waals surface area contributed by atoms with Crippen molar-refractivity contribution in [3.63, 3.8) is 0 Å². The Kier molecular flexibility index (Phi) is 6.07. The van der Waals surface area contributed by atoms with Gasteiger partial charge in [0.05, 0.1) is 23.8 Å². The number of fused-ring (bicyclic) bond motifs is 2. The normalized spacial score (nSPS) is 14.5. The van der Waals surface area contributed by atoms with Gasteiger partial charge in [0.15, 0.2) is 6.10 Å². The number of methoxy groups -OCH3 is 1. The summed E-state index contributed by atoms with van der Waals surface area (Å²) in [4.78, 5) is 16.2. The van der Waals surface area contributed by atoms with Crippen molar-refractivity contribution in [3.8, 4) is 17.2 Å².